The summed E-state index contributed by atoms with van der Waals surface area (Å²) >= 11 is 3.51. The molecule has 27 heavy (non-hydrogen) atoms. The molecule has 2 aromatic carbocycles. The van der Waals surface area contributed by atoms with Crippen molar-refractivity contribution >= 4 is 15.9 Å². The van der Waals surface area contributed by atoms with Crippen molar-refractivity contribution in [1.82, 2.24) is 4.90 Å². The molecule has 5 heteroatoms. The zero-order valence-corrected chi connectivity index (χ0v) is 17.6. The maximum atomic E-state index is 10.4. The minimum atomic E-state index is -0.531. The first-order chi connectivity index (χ1) is 13.0. The zero-order valence-electron chi connectivity index (χ0n) is 16.0. The third kappa shape index (κ3) is 6.04. The molecule has 4 nitrogen and oxygen atoms in total. The Bertz CT molecular complexity index is 720. The maximum absolute atomic E-state index is 10.4. The topological polar surface area (TPSA) is 41.9 Å². The molecule has 0 bridgehead atoms. The number of halogens is 1. The first kappa shape index (κ1) is 20.3. The summed E-state index contributed by atoms with van der Waals surface area (Å²) in [7, 11) is 0. The summed E-state index contributed by atoms with van der Waals surface area (Å²) in [5, 5.41) is 10.4. The van der Waals surface area contributed by atoms with Gasteiger partial charge < -0.3 is 14.6 Å². The van der Waals surface area contributed by atoms with E-state index in [1.165, 1.54) is 5.56 Å². The molecule has 0 amide bonds. The average molecular weight is 434 g/mol. The fourth-order valence-electron chi connectivity index (χ4n) is 3.27. The van der Waals surface area contributed by atoms with Crippen LogP contribution in [-0.2, 0) is 4.74 Å². The van der Waals surface area contributed by atoms with Crippen molar-refractivity contribution in [1.29, 1.82) is 0 Å². The number of rotatable bonds is 7. The summed E-state index contributed by atoms with van der Waals surface area (Å²) in [5.41, 5.74) is 2.44. The summed E-state index contributed by atoms with van der Waals surface area (Å²) in [5.74, 6) is 1.30. The molecule has 1 heterocycles. The summed E-state index contributed by atoms with van der Waals surface area (Å²) in [6.07, 6.45) is -0.496. The third-order valence-corrected chi connectivity index (χ3v) is 5.32. The molecule has 0 spiro atoms. The van der Waals surface area contributed by atoms with E-state index in [1.807, 2.05) is 24.3 Å². The number of aliphatic hydroxyl groups excluding tert-OH is 1. The van der Waals surface area contributed by atoms with Gasteiger partial charge in [-0.3, -0.25) is 4.90 Å². The van der Waals surface area contributed by atoms with Crippen LogP contribution in [-0.4, -0.2) is 49.0 Å². The van der Waals surface area contributed by atoms with Crippen molar-refractivity contribution < 1.29 is 14.6 Å². The fraction of sp³-hybridized carbons (Fsp3) is 0.455. The minimum Gasteiger partial charge on any atom is -0.491 e. The standard InChI is InChI=1S/C22H28BrNO3/c1-16(2)17-6-8-21(9-7-17)27-15-20(25)13-24-10-11-26-22(14-24)18-4-3-5-19(23)12-18/h3-9,12,16,20,22,25H,10-11,13-15H2,1-2H3. The second-order valence-corrected chi connectivity index (χ2v) is 8.28. The van der Waals surface area contributed by atoms with Crippen LogP contribution in [0.1, 0.15) is 37.0 Å². The van der Waals surface area contributed by atoms with E-state index in [-0.39, 0.29) is 6.10 Å². The number of nitrogens with zero attached hydrogens (tertiary/aromatic N) is 1. The van der Waals surface area contributed by atoms with Gasteiger partial charge in [0.15, 0.2) is 0 Å². The van der Waals surface area contributed by atoms with E-state index in [0.29, 0.717) is 25.7 Å². The Hall–Kier alpha value is -1.40. The minimum absolute atomic E-state index is 0.0351. The summed E-state index contributed by atoms with van der Waals surface area (Å²) < 4.78 is 12.7. The van der Waals surface area contributed by atoms with Crippen molar-refractivity contribution in [2.24, 2.45) is 0 Å². The number of morpholine rings is 1. The van der Waals surface area contributed by atoms with E-state index >= 15 is 0 Å². The molecule has 3 rings (SSSR count). The van der Waals surface area contributed by atoms with Gasteiger partial charge in [0.05, 0.1) is 12.7 Å². The van der Waals surface area contributed by atoms with Crippen LogP contribution in [0.5, 0.6) is 5.75 Å². The molecule has 1 N–H and O–H groups in total. The van der Waals surface area contributed by atoms with Crippen molar-refractivity contribution in [2.75, 3.05) is 32.8 Å². The Kier molecular flexibility index (Phi) is 7.30. The van der Waals surface area contributed by atoms with Crippen LogP contribution in [0.15, 0.2) is 53.0 Å². The van der Waals surface area contributed by atoms with Crippen LogP contribution < -0.4 is 4.74 Å². The van der Waals surface area contributed by atoms with Crippen LogP contribution in [0.3, 0.4) is 0 Å². The number of hydrogen-bond acceptors (Lipinski definition) is 4. The van der Waals surface area contributed by atoms with E-state index < -0.39 is 6.10 Å². The van der Waals surface area contributed by atoms with Gasteiger partial charge in [-0.25, -0.2) is 0 Å². The molecule has 2 aromatic rings. The number of benzene rings is 2. The lowest BCUT2D eigenvalue weighted by Gasteiger charge is -2.34. The summed E-state index contributed by atoms with van der Waals surface area (Å²) in [6, 6.07) is 16.3. The lowest BCUT2D eigenvalue weighted by molar-refractivity contribution is -0.0459. The van der Waals surface area contributed by atoms with E-state index in [4.69, 9.17) is 9.47 Å². The molecule has 1 fully saturated rings. The monoisotopic (exact) mass is 433 g/mol. The van der Waals surface area contributed by atoms with Crippen LogP contribution in [0.2, 0.25) is 0 Å². The van der Waals surface area contributed by atoms with Gasteiger partial charge in [-0.15, -0.1) is 0 Å². The number of aliphatic hydroxyl groups is 1. The first-order valence-corrected chi connectivity index (χ1v) is 10.3. The van der Waals surface area contributed by atoms with Gasteiger partial charge >= 0.3 is 0 Å². The second kappa shape index (κ2) is 9.69. The number of β-amino-alcohol motifs (C(OH)–C–C–N with tert-alkyl or cyclic N) is 1. The second-order valence-electron chi connectivity index (χ2n) is 7.36. The Labute approximate surface area is 170 Å². The zero-order chi connectivity index (χ0) is 19.2. The molecule has 1 aliphatic rings. The highest BCUT2D eigenvalue weighted by molar-refractivity contribution is 9.10. The predicted molar refractivity (Wildman–Crippen MR) is 111 cm³/mol. The highest BCUT2D eigenvalue weighted by Crippen LogP contribution is 2.25. The maximum Gasteiger partial charge on any atom is 0.119 e. The van der Waals surface area contributed by atoms with Gasteiger partial charge in [0.1, 0.15) is 18.5 Å². The Morgan fingerprint density at radius 3 is 2.70 bits per heavy atom. The van der Waals surface area contributed by atoms with E-state index in [0.717, 1.165) is 28.9 Å². The van der Waals surface area contributed by atoms with E-state index in [2.05, 4.69) is 58.9 Å². The molecular formula is C22H28BrNO3. The highest BCUT2D eigenvalue weighted by Gasteiger charge is 2.24. The molecule has 0 radical (unpaired) electrons. The van der Waals surface area contributed by atoms with Crippen molar-refractivity contribution in [2.45, 2.75) is 32.0 Å². The smallest absolute Gasteiger partial charge is 0.119 e. The van der Waals surface area contributed by atoms with E-state index in [9.17, 15) is 5.11 Å². The van der Waals surface area contributed by atoms with Gasteiger partial charge in [-0.05, 0) is 41.3 Å². The normalized spacial score (nSPS) is 19.2. The van der Waals surface area contributed by atoms with Gasteiger partial charge in [0.25, 0.3) is 0 Å². The van der Waals surface area contributed by atoms with Crippen LogP contribution in [0.25, 0.3) is 0 Å². The molecule has 1 aliphatic heterocycles. The fourth-order valence-corrected chi connectivity index (χ4v) is 3.69. The lowest BCUT2D eigenvalue weighted by Crippen LogP contribution is -2.43. The van der Waals surface area contributed by atoms with Gasteiger partial charge in [0.2, 0.25) is 0 Å². The molecular weight excluding hydrogens is 406 g/mol. The molecule has 0 saturated carbocycles. The Balaban J connectivity index is 1.47. The van der Waals surface area contributed by atoms with Crippen LogP contribution in [0, 0.1) is 0 Å². The molecule has 0 aromatic heterocycles. The molecule has 2 unspecified atom stereocenters. The molecule has 146 valence electrons. The Morgan fingerprint density at radius 1 is 1.22 bits per heavy atom. The van der Waals surface area contributed by atoms with Crippen molar-refractivity contribution in [3.8, 4) is 5.75 Å². The lowest BCUT2D eigenvalue weighted by atomic mass is 10.0. The number of ether oxygens (including phenoxy) is 2. The summed E-state index contributed by atoms with van der Waals surface area (Å²) in [4.78, 5) is 2.24. The quantitative estimate of drug-likeness (QED) is 0.702. The van der Waals surface area contributed by atoms with Crippen LogP contribution in [0.4, 0.5) is 0 Å². The molecule has 1 saturated heterocycles. The summed E-state index contributed by atoms with van der Waals surface area (Å²) in [6.45, 7) is 7.48. The molecule has 0 aliphatic carbocycles. The van der Waals surface area contributed by atoms with Gasteiger partial charge in [-0.1, -0.05) is 54.0 Å². The SMILES string of the molecule is CC(C)c1ccc(OCC(O)CN2CCOC(c3cccc(Br)c3)C2)cc1. The largest absolute Gasteiger partial charge is 0.491 e. The van der Waals surface area contributed by atoms with Gasteiger partial charge in [-0.2, -0.15) is 0 Å². The first-order valence-electron chi connectivity index (χ1n) is 9.51. The van der Waals surface area contributed by atoms with E-state index in [1.54, 1.807) is 0 Å². The Morgan fingerprint density at radius 2 is 2.00 bits per heavy atom. The number of hydrogen-bond donors (Lipinski definition) is 1. The van der Waals surface area contributed by atoms with Crippen LogP contribution >= 0.6 is 15.9 Å². The van der Waals surface area contributed by atoms with Crippen molar-refractivity contribution in [3.05, 3.63) is 64.1 Å². The predicted octanol–water partition coefficient (Wildman–Crippen LogP) is 4.39. The average Bonchev–Trinajstić information content (AvgIpc) is 2.67. The van der Waals surface area contributed by atoms with Crippen molar-refractivity contribution in [3.63, 3.8) is 0 Å². The highest BCUT2D eigenvalue weighted by atomic mass is 79.9. The molecule has 2 atom stereocenters. The third-order valence-electron chi connectivity index (χ3n) is 4.83. The van der Waals surface area contributed by atoms with Gasteiger partial charge in [0, 0.05) is 24.1 Å².